The summed E-state index contributed by atoms with van der Waals surface area (Å²) in [5.74, 6) is 0.282. The number of benzene rings is 2. The van der Waals surface area contributed by atoms with E-state index in [1.165, 1.54) is 10.5 Å². The minimum absolute atomic E-state index is 0.0433. The zero-order valence-electron chi connectivity index (χ0n) is 24.1. The summed E-state index contributed by atoms with van der Waals surface area (Å²) in [6.45, 7) is -0.749. The van der Waals surface area contributed by atoms with Gasteiger partial charge in [0.25, 0.3) is 17.7 Å². The summed E-state index contributed by atoms with van der Waals surface area (Å²) >= 11 is 0. The summed E-state index contributed by atoms with van der Waals surface area (Å²) in [5.41, 5.74) is 2.36. The van der Waals surface area contributed by atoms with Gasteiger partial charge in [0, 0.05) is 11.8 Å². The highest BCUT2D eigenvalue weighted by molar-refractivity contribution is 5.91. The average molecular weight is 615 g/mol. The number of hydrogen-bond donors (Lipinski definition) is 0. The Labute approximate surface area is 255 Å². The predicted octanol–water partition coefficient (Wildman–Crippen LogP) is 3.85. The number of aromatic nitrogens is 6. The molecule has 6 atom stereocenters. The SMILES string of the molecule is O=C(c1nc2n(n1)C(c1ccccc1)C1CC21)N1CC(F)(F)C1.O=C(c1nc2n(n1)C(c1ccccc1)C1CC21)N1CC(F)C1. The Bertz CT molecular complexity index is 1810. The second-order valence-electron chi connectivity index (χ2n) is 13.0. The topological polar surface area (TPSA) is 102 Å². The lowest BCUT2D eigenvalue weighted by atomic mass is 10.0. The van der Waals surface area contributed by atoms with Gasteiger partial charge in [0.2, 0.25) is 11.6 Å². The highest BCUT2D eigenvalue weighted by atomic mass is 19.3. The molecule has 10 nitrogen and oxygen atoms in total. The fraction of sp³-hybridized carbons (Fsp3) is 0.438. The molecule has 13 heteroatoms. The monoisotopic (exact) mass is 614 g/mol. The van der Waals surface area contributed by atoms with E-state index in [0.717, 1.165) is 35.0 Å². The largest absolute Gasteiger partial charge is 0.330 e. The number of alkyl halides is 3. The molecular weight excluding hydrogens is 585 g/mol. The van der Waals surface area contributed by atoms with Gasteiger partial charge in [-0.15, -0.1) is 10.2 Å². The van der Waals surface area contributed by atoms with Crippen molar-refractivity contribution >= 4 is 11.8 Å². The van der Waals surface area contributed by atoms with Crippen LogP contribution in [0.25, 0.3) is 0 Å². The first kappa shape index (κ1) is 26.8. The van der Waals surface area contributed by atoms with E-state index < -0.39 is 31.1 Å². The highest BCUT2D eigenvalue weighted by Crippen LogP contribution is 2.61. The summed E-state index contributed by atoms with van der Waals surface area (Å²) in [7, 11) is 0. The lowest BCUT2D eigenvalue weighted by Crippen LogP contribution is -2.58. The second kappa shape index (κ2) is 9.48. The van der Waals surface area contributed by atoms with Gasteiger partial charge >= 0.3 is 0 Å². The summed E-state index contributed by atoms with van der Waals surface area (Å²) in [6.07, 6.45) is 1.26. The molecule has 230 valence electrons. The van der Waals surface area contributed by atoms with Gasteiger partial charge in [-0.25, -0.2) is 32.5 Å². The van der Waals surface area contributed by atoms with Gasteiger partial charge < -0.3 is 9.80 Å². The molecule has 0 bridgehead atoms. The lowest BCUT2D eigenvalue weighted by molar-refractivity contribution is -0.113. The Morgan fingerprint density at radius 1 is 0.689 bits per heavy atom. The number of rotatable bonds is 4. The van der Waals surface area contributed by atoms with Gasteiger partial charge in [0.1, 0.15) is 17.8 Å². The van der Waals surface area contributed by atoms with Crippen LogP contribution in [0.5, 0.6) is 0 Å². The summed E-state index contributed by atoms with van der Waals surface area (Å²) in [4.78, 5) is 35.9. The van der Waals surface area contributed by atoms with Crippen molar-refractivity contribution < 1.29 is 22.8 Å². The van der Waals surface area contributed by atoms with Crippen molar-refractivity contribution in [2.75, 3.05) is 26.2 Å². The number of nitrogens with zero attached hydrogens (tertiary/aromatic N) is 8. The molecule has 2 amide bonds. The van der Waals surface area contributed by atoms with Crippen LogP contribution in [-0.4, -0.2) is 89.4 Å². The van der Waals surface area contributed by atoms with Gasteiger partial charge in [-0.3, -0.25) is 9.59 Å². The second-order valence-corrected chi connectivity index (χ2v) is 13.0. The Morgan fingerprint density at radius 2 is 1.13 bits per heavy atom. The van der Waals surface area contributed by atoms with E-state index in [4.69, 9.17) is 0 Å². The van der Waals surface area contributed by atoms with Gasteiger partial charge in [-0.05, 0) is 35.8 Å². The molecule has 45 heavy (non-hydrogen) atoms. The minimum atomic E-state index is -2.77. The van der Waals surface area contributed by atoms with E-state index in [2.05, 4.69) is 32.3 Å². The normalized spacial score (nSPS) is 29.3. The standard InChI is InChI=1S/C16H14F2N4O.C16H15FN4O/c17-16(18)7-21(8-16)15(23)13-19-14-11-6-10(11)12(22(14)20-13)9-4-2-1-3-5-9;17-10-7-20(8-10)16(22)14-18-15-12-6-11(12)13(21(15)19-14)9-4-2-1-3-5-9/h1-5,10-12H,6-8H2;1-5,10-13H,6-8H2. The van der Waals surface area contributed by atoms with Crippen LogP contribution in [0.1, 0.15) is 80.8 Å². The van der Waals surface area contributed by atoms with E-state index in [1.807, 2.05) is 57.9 Å². The van der Waals surface area contributed by atoms with Crippen molar-refractivity contribution in [1.82, 2.24) is 39.3 Å². The Kier molecular flexibility index (Phi) is 5.65. The zero-order chi connectivity index (χ0) is 30.6. The molecular formula is C32H29F3N8O2. The molecule has 0 N–H and O–H groups in total. The number of carbonyl (C=O) groups excluding carboxylic acids is 2. The molecule has 0 radical (unpaired) electrons. The van der Waals surface area contributed by atoms with Crippen LogP contribution in [-0.2, 0) is 0 Å². The number of halogens is 3. The number of hydrogen-bond acceptors (Lipinski definition) is 6. The molecule has 2 saturated carbocycles. The molecule has 2 aliphatic carbocycles. The third-order valence-electron chi connectivity index (χ3n) is 9.92. The van der Waals surface area contributed by atoms with Crippen LogP contribution in [0.15, 0.2) is 60.7 Å². The van der Waals surface area contributed by atoms with Crippen LogP contribution < -0.4 is 0 Å². The van der Waals surface area contributed by atoms with Crippen molar-refractivity contribution in [2.24, 2.45) is 11.8 Å². The van der Waals surface area contributed by atoms with Crippen LogP contribution in [0.3, 0.4) is 0 Å². The van der Waals surface area contributed by atoms with E-state index in [0.29, 0.717) is 23.7 Å². The third-order valence-corrected chi connectivity index (χ3v) is 9.92. The van der Waals surface area contributed by atoms with Gasteiger partial charge in [-0.1, -0.05) is 60.7 Å². The summed E-state index contributed by atoms with van der Waals surface area (Å²) in [6, 6.07) is 20.5. The first-order chi connectivity index (χ1) is 21.8. The van der Waals surface area contributed by atoms with Gasteiger partial charge in [0.15, 0.2) is 0 Å². The number of fused-ring (bicyclic) bond motifs is 6. The first-order valence-corrected chi connectivity index (χ1v) is 15.4. The van der Waals surface area contributed by atoms with Crippen LogP contribution in [0.4, 0.5) is 13.2 Å². The smallest absolute Gasteiger partial charge is 0.293 e. The molecule has 4 fully saturated rings. The molecule has 10 rings (SSSR count). The molecule has 6 aliphatic rings. The fourth-order valence-corrected chi connectivity index (χ4v) is 7.46. The maximum absolute atomic E-state index is 12.9. The zero-order valence-corrected chi connectivity index (χ0v) is 24.1. The number of carbonyl (C=O) groups is 2. The van der Waals surface area contributed by atoms with E-state index in [9.17, 15) is 22.8 Å². The fourth-order valence-electron chi connectivity index (χ4n) is 7.46. The number of likely N-dealkylation sites (tertiary alicyclic amines) is 2. The number of amides is 2. The van der Waals surface area contributed by atoms with Crippen molar-refractivity contribution in [3.63, 3.8) is 0 Å². The van der Waals surface area contributed by atoms with Crippen LogP contribution in [0.2, 0.25) is 0 Å². The van der Waals surface area contributed by atoms with E-state index in [1.54, 1.807) is 0 Å². The molecule has 4 aliphatic heterocycles. The van der Waals surface area contributed by atoms with Gasteiger partial charge in [0.05, 0.1) is 38.3 Å². The lowest BCUT2D eigenvalue weighted by Gasteiger charge is -2.37. The quantitative estimate of drug-likeness (QED) is 0.346. The molecule has 6 unspecified atom stereocenters. The van der Waals surface area contributed by atoms with Gasteiger partial charge in [-0.2, -0.15) is 0 Å². The minimum Gasteiger partial charge on any atom is -0.330 e. The molecule has 2 saturated heterocycles. The Balaban J connectivity index is 0.000000125. The first-order valence-electron chi connectivity index (χ1n) is 15.4. The highest BCUT2D eigenvalue weighted by Gasteiger charge is 2.57. The molecule has 2 aromatic carbocycles. The van der Waals surface area contributed by atoms with E-state index >= 15 is 0 Å². The van der Waals surface area contributed by atoms with Crippen molar-refractivity contribution in [2.45, 2.75) is 48.9 Å². The van der Waals surface area contributed by atoms with Crippen molar-refractivity contribution in [3.8, 4) is 0 Å². The Hall–Kier alpha value is -4.55. The Morgan fingerprint density at radius 3 is 1.56 bits per heavy atom. The molecule has 6 heterocycles. The van der Waals surface area contributed by atoms with Crippen molar-refractivity contribution in [1.29, 1.82) is 0 Å². The predicted molar refractivity (Wildman–Crippen MR) is 153 cm³/mol. The molecule has 2 aromatic heterocycles. The molecule has 4 aromatic rings. The van der Waals surface area contributed by atoms with Crippen LogP contribution >= 0.6 is 0 Å². The van der Waals surface area contributed by atoms with Crippen molar-refractivity contribution in [3.05, 3.63) is 95.1 Å². The van der Waals surface area contributed by atoms with Crippen LogP contribution in [0, 0.1) is 11.8 Å². The molecule has 0 spiro atoms. The average Bonchev–Trinajstić information content (AvgIpc) is 3.78. The summed E-state index contributed by atoms with van der Waals surface area (Å²) in [5, 5.41) is 8.80. The maximum Gasteiger partial charge on any atom is 0.293 e. The van der Waals surface area contributed by atoms with E-state index in [-0.39, 0.29) is 42.7 Å². The summed E-state index contributed by atoms with van der Waals surface area (Å²) < 4.78 is 42.5. The maximum atomic E-state index is 12.9. The third kappa shape index (κ3) is 4.30.